The largest absolute Gasteiger partial charge is 0.506 e. The van der Waals surface area contributed by atoms with Crippen molar-refractivity contribution in [3.63, 3.8) is 0 Å². The summed E-state index contributed by atoms with van der Waals surface area (Å²) in [4.78, 5) is 17.8. The Morgan fingerprint density at radius 2 is 1.55 bits per heavy atom. The van der Waals surface area contributed by atoms with Gasteiger partial charge in [-0.1, -0.05) is 19.8 Å². The molecule has 6 heteroatoms. The van der Waals surface area contributed by atoms with Crippen LogP contribution in [-0.2, 0) is 4.79 Å². The van der Waals surface area contributed by atoms with Crippen molar-refractivity contribution < 1.29 is 9.90 Å². The lowest BCUT2D eigenvalue weighted by molar-refractivity contribution is -0.111. The molecule has 0 fully saturated rings. The highest BCUT2D eigenvalue weighted by Crippen LogP contribution is 2.32. The van der Waals surface area contributed by atoms with Crippen LogP contribution in [0.3, 0.4) is 0 Å². The normalized spacial score (nSPS) is 15.2. The number of anilines is 3. The van der Waals surface area contributed by atoms with Gasteiger partial charge < -0.3 is 21.9 Å². The maximum atomic E-state index is 13.0. The first-order valence-electron chi connectivity index (χ1n) is 11.4. The molecule has 2 aromatic rings. The van der Waals surface area contributed by atoms with E-state index in [9.17, 15) is 9.90 Å². The molecule has 0 spiro atoms. The van der Waals surface area contributed by atoms with Crippen LogP contribution in [0, 0.1) is 27.7 Å². The number of allylic oxidation sites excluding steroid dienone is 2. The SMILES string of the molecule is CCCCCC1=C(Nc2ccc(N)c(C)c2C)C(=O)C=C(O)/C1=N\c1ccc(N)c(C)c1C. The Balaban J connectivity index is 2.16. The third kappa shape index (κ3) is 4.95. The zero-order valence-corrected chi connectivity index (χ0v) is 20.2. The molecule has 0 heterocycles. The summed E-state index contributed by atoms with van der Waals surface area (Å²) in [6, 6.07) is 7.37. The Labute approximate surface area is 196 Å². The van der Waals surface area contributed by atoms with Crippen LogP contribution in [0.1, 0.15) is 54.9 Å². The number of nitrogen functional groups attached to an aromatic ring is 2. The van der Waals surface area contributed by atoms with E-state index in [0.29, 0.717) is 29.2 Å². The Kier molecular flexibility index (Phi) is 7.26. The number of ketones is 1. The van der Waals surface area contributed by atoms with Gasteiger partial charge in [-0.15, -0.1) is 0 Å². The van der Waals surface area contributed by atoms with Crippen molar-refractivity contribution >= 4 is 34.2 Å². The molecule has 0 bridgehead atoms. The van der Waals surface area contributed by atoms with E-state index < -0.39 is 0 Å². The molecule has 0 saturated carbocycles. The number of hydrogen-bond donors (Lipinski definition) is 4. The van der Waals surface area contributed by atoms with E-state index >= 15 is 0 Å². The third-order valence-corrected chi connectivity index (χ3v) is 6.50. The summed E-state index contributed by atoms with van der Waals surface area (Å²) < 4.78 is 0. The van der Waals surface area contributed by atoms with Crippen molar-refractivity contribution in [3.8, 4) is 0 Å². The van der Waals surface area contributed by atoms with Gasteiger partial charge >= 0.3 is 0 Å². The molecule has 0 saturated heterocycles. The van der Waals surface area contributed by atoms with Gasteiger partial charge in [0.25, 0.3) is 0 Å². The lowest BCUT2D eigenvalue weighted by Crippen LogP contribution is -2.24. The number of aliphatic hydroxyl groups excluding tert-OH is 1. The summed E-state index contributed by atoms with van der Waals surface area (Å²) in [5.74, 6) is -0.381. The van der Waals surface area contributed by atoms with Gasteiger partial charge in [-0.05, 0) is 87.1 Å². The van der Waals surface area contributed by atoms with Gasteiger partial charge in [-0.25, -0.2) is 4.99 Å². The second-order valence-electron chi connectivity index (χ2n) is 8.67. The fraction of sp³-hybridized carbons (Fsp3) is 0.333. The van der Waals surface area contributed by atoms with Gasteiger partial charge in [-0.3, -0.25) is 4.79 Å². The summed E-state index contributed by atoms with van der Waals surface area (Å²) >= 11 is 0. The lowest BCUT2D eigenvalue weighted by Gasteiger charge is -2.23. The molecule has 0 aromatic heterocycles. The molecule has 0 unspecified atom stereocenters. The first kappa shape index (κ1) is 24.1. The number of carbonyl (C=O) groups is 1. The maximum Gasteiger partial charge on any atom is 0.206 e. The number of nitrogens with two attached hydrogens (primary N) is 2. The molecule has 3 rings (SSSR count). The van der Waals surface area contributed by atoms with Crippen LogP contribution < -0.4 is 16.8 Å². The van der Waals surface area contributed by atoms with Crippen molar-refractivity contribution in [3.05, 3.63) is 69.6 Å². The smallest absolute Gasteiger partial charge is 0.206 e. The molecular weight excluding hydrogens is 412 g/mol. The predicted molar refractivity (Wildman–Crippen MR) is 138 cm³/mol. The summed E-state index contributed by atoms with van der Waals surface area (Å²) in [5.41, 5.74) is 20.5. The highest BCUT2D eigenvalue weighted by Gasteiger charge is 2.27. The molecule has 6 N–H and O–H groups in total. The van der Waals surface area contributed by atoms with E-state index in [1.807, 2.05) is 52.0 Å². The molecular formula is C27H34N4O2. The molecule has 1 aliphatic carbocycles. The van der Waals surface area contributed by atoms with Gasteiger partial charge in [-0.2, -0.15) is 0 Å². The van der Waals surface area contributed by atoms with Crippen LogP contribution >= 0.6 is 0 Å². The monoisotopic (exact) mass is 446 g/mol. The topological polar surface area (TPSA) is 114 Å². The van der Waals surface area contributed by atoms with E-state index in [4.69, 9.17) is 16.5 Å². The minimum absolute atomic E-state index is 0.115. The highest BCUT2D eigenvalue weighted by molar-refractivity contribution is 6.25. The van der Waals surface area contributed by atoms with E-state index in [0.717, 1.165) is 58.5 Å². The zero-order chi connectivity index (χ0) is 24.3. The number of hydrogen-bond acceptors (Lipinski definition) is 6. The maximum absolute atomic E-state index is 13.0. The van der Waals surface area contributed by atoms with E-state index in [1.54, 1.807) is 0 Å². The minimum Gasteiger partial charge on any atom is -0.506 e. The Morgan fingerprint density at radius 1 is 0.909 bits per heavy atom. The van der Waals surface area contributed by atoms with Crippen LogP contribution in [0.25, 0.3) is 0 Å². The summed E-state index contributed by atoms with van der Waals surface area (Å²) in [6.07, 6.45) is 4.81. The zero-order valence-electron chi connectivity index (χ0n) is 20.2. The summed E-state index contributed by atoms with van der Waals surface area (Å²) in [6.45, 7) is 9.97. The van der Waals surface area contributed by atoms with Gasteiger partial charge in [0.05, 0.1) is 11.4 Å². The Bertz CT molecular complexity index is 1190. The van der Waals surface area contributed by atoms with Crippen molar-refractivity contribution in [2.45, 2.75) is 60.3 Å². The minimum atomic E-state index is -0.267. The van der Waals surface area contributed by atoms with E-state index in [2.05, 4.69) is 12.2 Å². The number of nitrogens with one attached hydrogen (secondary N) is 1. The fourth-order valence-electron chi connectivity index (χ4n) is 3.92. The first-order valence-corrected chi connectivity index (χ1v) is 11.4. The molecule has 0 atom stereocenters. The molecule has 0 aliphatic heterocycles. The van der Waals surface area contributed by atoms with Gasteiger partial charge in [0, 0.05) is 28.7 Å². The third-order valence-electron chi connectivity index (χ3n) is 6.50. The molecule has 33 heavy (non-hydrogen) atoms. The number of rotatable bonds is 7. The number of aliphatic hydroxyl groups is 1. The van der Waals surface area contributed by atoms with Gasteiger partial charge in [0.1, 0.15) is 11.5 Å². The van der Waals surface area contributed by atoms with Gasteiger partial charge in [0.15, 0.2) is 0 Å². The lowest BCUT2D eigenvalue weighted by atomic mass is 9.92. The average Bonchev–Trinajstić information content (AvgIpc) is 2.78. The van der Waals surface area contributed by atoms with Crippen molar-refractivity contribution in [2.75, 3.05) is 16.8 Å². The molecule has 174 valence electrons. The Morgan fingerprint density at radius 3 is 2.21 bits per heavy atom. The average molecular weight is 447 g/mol. The number of aliphatic imine (C=N–C) groups is 1. The van der Waals surface area contributed by atoms with Gasteiger partial charge in [0.2, 0.25) is 5.78 Å². The summed E-state index contributed by atoms with van der Waals surface area (Å²) in [7, 11) is 0. The second kappa shape index (κ2) is 9.94. The number of carbonyl (C=O) groups excluding carboxylic acids is 1. The summed E-state index contributed by atoms with van der Waals surface area (Å²) in [5, 5.41) is 14.1. The van der Waals surface area contributed by atoms with Crippen molar-refractivity contribution in [2.24, 2.45) is 4.99 Å². The Hall–Kier alpha value is -3.54. The van der Waals surface area contributed by atoms with Crippen LogP contribution in [-0.4, -0.2) is 16.6 Å². The fourth-order valence-corrected chi connectivity index (χ4v) is 3.92. The van der Waals surface area contributed by atoms with Crippen molar-refractivity contribution in [1.29, 1.82) is 0 Å². The highest BCUT2D eigenvalue weighted by atomic mass is 16.3. The molecule has 0 amide bonds. The molecule has 2 aromatic carbocycles. The molecule has 0 radical (unpaired) electrons. The molecule has 1 aliphatic rings. The standard InChI is InChI=1S/C27H34N4O2/c1-6-7-8-9-19-26(30-22-12-10-20(28)15(2)17(22)4)24(32)14-25(33)27(19)31-23-13-11-21(29)16(3)18(23)5/h10-14,30,33H,6-9,28-29H2,1-5H3/b31-27-. The first-order chi connectivity index (χ1) is 15.6. The molecule has 6 nitrogen and oxygen atoms in total. The number of unbranched alkanes of at least 4 members (excludes halogenated alkanes) is 2. The van der Waals surface area contributed by atoms with Crippen LogP contribution in [0.15, 0.2) is 52.4 Å². The number of benzene rings is 2. The van der Waals surface area contributed by atoms with E-state index in [1.165, 1.54) is 6.08 Å². The van der Waals surface area contributed by atoms with E-state index in [-0.39, 0.29) is 11.5 Å². The van der Waals surface area contributed by atoms with Crippen molar-refractivity contribution in [1.82, 2.24) is 0 Å². The van der Waals surface area contributed by atoms with Crippen LogP contribution in [0.2, 0.25) is 0 Å². The second-order valence-corrected chi connectivity index (χ2v) is 8.67. The number of nitrogens with zero attached hydrogens (tertiary/aromatic N) is 1. The van der Waals surface area contributed by atoms with Crippen LogP contribution in [0.5, 0.6) is 0 Å². The van der Waals surface area contributed by atoms with Crippen LogP contribution in [0.4, 0.5) is 22.7 Å². The predicted octanol–water partition coefficient (Wildman–Crippen LogP) is 6.13. The quantitative estimate of drug-likeness (QED) is 0.232.